The molecule has 1 heterocycles. The highest BCUT2D eigenvalue weighted by atomic mass is 19.1. The zero-order valence-electron chi connectivity index (χ0n) is 15.5. The number of ketones is 1. The number of carbonyl (C=O) groups excluding carboxylic acids is 2. The summed E-state index contributed by atoms with van der Waals surface area (Å²) in [5, 5.41) is 31.1. The smallest absolute Gasteiger partial charge is 0.300 e. The molecule has 150 valence electrons. The normalized spacial score (nSPS) is 18.0. The van der Waals surface area contributed by atoms with Gasteiger partial charge in [0.2, 0.25) is 0 Å². The second-order valence-electron chi connectivity index (χ2n) is 6.76. The molecule has 1 fully saturated rings. The number of amides is 1. The van der Waals surface area contributed by atoms with Gasteiger partial charge in [0.25, 0.3) is 11.7 Å². The molecule has 1 unspecified atom stereocenters. The van der Waals surface area contributed by atoms with E-state index in [0.29, 0.717) is 5.56 Å². The Bertz CT molecular complexity index is 1190. The number of nitrogens with zero attached hydrogens (tertiary/aromatic N) is 1. The van der Waals surface area contributed by atoms with Crippen LogP contribution < -0.4 is 4.90 Å². The molecule has 3 aromatic carbocycles. The van der Waals surface area contributed by atoms with Gasteiger partial charge in [0.1, 0.15) is 23.1 Å². The number of rotatable bonds is 3. The standard InChI is InChI=1S/C23H16FNO5/c24-15-10-8-13(9-11-15)21(28)19-20(14-4-3-5-16(26)12-14)25(23(30)22(19)29)17-6-1-2-7-18(17)27/h1-12,20,26-28H/b21-19-. The molecule has 0 saturated carbocycles. The van der Waals surface area contributed by atoms with E-state index in [1.165, 1.54) is 42.5 Å². The Labute approximate surface area is 170 Å². The summed E-state index contributed by atoms with van der Waals surface area (Å²) in [4.78, 5) is 26.9. The second kappa shape index (κ2) is 7.36. The van der Waals surface area contributed by atoms with Crippen molar-refractivity contribution in [1.29, 1.82) is 0 Å². The minimum atomic E-state index is -1.12. The van der Waals surface area contributed by atoms with Crippen molar-refractivity contribution in [2.75, 3.05) is 4.90 Å². The van der Waals surface area contributed by atoms with E-state index in [9.17, 15) is 29.3 Å². The lowest BCUT2D eigenvalue weighted by molar-refractivity contribution is -0.132. The number of benzene rings is 3. The minimum Gasteiger partial charge on any atom is -0.508 e. The molecular formula is C23H16FNO5. The molecule has 1 amide bonds. The fourth-order valence-electron chi connectivity index (χ4n) is 3.52. The number of aromatic hydroxyl groups is 2. The monoisotopic (exact) mass is 405 g/mol. The second-order valence-corrected chi connectivity index (χ2v) is 6.76. The average Bonchev–Trinajstić information content (AvgIpc) is 2.99. The van der Waals surface area contributed by atoms with E-state index in [-0.39, 0.29) is 28.3 Å². The van der Waals surface area contributed by atoms with Crippen molar-refractivity contribution in [3.05, 3.63) is 95.3 Å². The Morgan fingerprint density at radius 2 is 1.60 bits per heavy atom. The van der Waals surface area contributed by atoms with E-state index in [4.69, 9.17) is 0 Å². The first-order valence-corrected chi connectivity index (χ1v) is 9.02. The third kappa shape index (κ3) is 3.16. The highest BCUT2D eigenvalue weighted by molar-refractivity contribution is 6.51. The summed E-state index contributed by atoms with van der Waals surface area (Å²) in [6.45, 7) is 0. The third-order valence-corrected chi connectivity index (χ3v) is 4.89. The topological polar surface area (TPSA) is 98.1 Å². The van der Waals surface area contributed by atoms with Crippen molar-refractivity contribution >= 4 is 23.1 Å². The van der Waals surface area contributed by atoms with Gasteiger partial charge in [-0.15, -0.1) is 0 Å². The maximum Gasteiger partial charge on any atom is 0.300 e. The van der Waals surface area contributed by atoms with Gasteiger partial charge in [-0.2, -0.15) is 0 Å². The Balaban J connectivity index is 1.98. The number of Topliss-reactive ketones (excluding diaryl/α,β-unsaturated/α-hetero) is 1. The zero-order chi connectivity index (χ0) is 21.4. The first-order valence-electron chi connectivity index (χ1n) is 9.02. The van der Waals surface area contributed by atoms with Crippen molar-refractivity contribution in [2.45, 2.75) is 6.04 Å². The van der Waals surface area contributed by atoms with Gasteiger partial charge in [-0.05, 0) is 54.1 Å². The number of hydrogen-bond donors (Lipinski definition) is 3. The number of phenols is 2. The highest BCUT2D eigenvalue weighted by Gasteiger charge is 2.47. The number of para-hydroxylation sites is 2. The van der Waals surface area contributed by atoms with E-state index in [1.54, 1.807) is 18.2 Å². The molecule has 0 spiro atoms. The highest BCUT2D eigenvalue weighted by Crippen LogP contribution is 2.44. The molecule has 1 aliphatic rings. The van der Waals surface area contributed by atoms with E-state index in [0.717, 1.165) is 17.0 Å². The van der Waals surface area contributed by atoms with Gasteiger partial charge in [-0.25, -0.2) is 4.39 Å². The van der Waals surface area contributed by atoms with Crippen LogP contribution in [-0.4, -0.2) is 27.0 Å². The number of aliphatic hydroxyl groups is 1. The zero-order valence-corrected chi connectivity index (χ0v) is 15.5. The van der Waals surface area contributed by atoms with Crippen LogP contribution in [0.3, 0.4) is 0 Å². The van der Waals surface area contributed by atoms with Crippen molar-refractivity contribution in [1.82, 2.24) is 0 Å². The predicted octanol–water partition coefficient (Wildman–Crippen LogP) is 3.86. The van der Waals surface area contributed by atoms with Gasteiger partial charge in [0.05, 0.1) is 17.3 Å². The van der Waals surface area contributed by atoms with E-state index in [1.807, 2.05) is 0 Å². The fraction of sp³-hybridized carbons (Fsp3) is 0.0435. The van der Waals surface area contributed by atoms with Gasteiger partial charge in [0.15, 0.2) is 0 Å². The first kappa shape index (κ1) is 19.2. The number of anilines is 1. The number of carbonyl (C=O) groups is 2. The molecule has 0 radical (unpaired) electrons. The molecule has 7 heteroatoms. The van der Waals surface area contributed by atoms with Crippen LogP contribution >= 0.6 is 0 Å². The molecule has 4 rings (SSSR count). The molecule has 0 aromatic heterocycles. The molecule has 3 N–H and O–H groups in total. The number of aliphatic hydroxyl groups excluding tert-OH is 1. The lowest BCUT2D eigenvalue weighted by Crippen LogP contribution is -2.29. The minimum absolute atomic E-state index is 0.0751. The van der Waals surface area contributed by atoms with Gasteiger partial charge < -0.3 is 15.3 Å². The molecule has 1 aliphatic heterocycles. The number of hydrogen-bond acceptors (Lipinski definition) is 5. The van der Waals surface area contributed by atoms with Gasteiger partial charge in [-0.3, -0.25) is 14.5 Å². The van der Waals surface area contributed by atoms with E-state index >= 15 is 0 Å². The molecule has 6 nitrogen and oxygen atoms in total. The quantitative estimate of drug-likeness (QED) is 0.349. The maximum atomic E-state index is 13.3. The number of halogens is 1. The van der Waals surface area contributed by atoms with Crippen LogP contribution in [-0.2, 0) is 9.59 Å². The molecule has 0 aliphatic carbocycles. The van der Waals surface area contributed by atoms with Gasteiger partial charge in [-0.1, -0.05) is 24.3 Å². The van der Waals surface area contributed by atoms with Crippen LogP contribution in [0.4, 0.5) is 10.1 Å². The van der Waals surface area contributed by atoms with Crippen molar-refractivity contribution < 1.29 is 29.3 Å². The van der Waals surface area contributed by atoms with E-state index < -0.39 is 29.3 Å². The Kier molecular flexibility index (Phi) is 4.71. The van der Waals surface area contributed by atoms with Crippen LogP contribution in [0.25, 0.3) is 5.76 Å². The van der Waals surface area contributed by atoms with Crippen LogP contribution in [0.1, 0.15) is 17.2 Å². The summed E-state index contributed by atoms with van der Waals surface area (Å²) in [5.41, 5.74) is 0.338. The number of phenolic OH excluding ortho intramolecular Hbond substituents is 2. The van der Waals surface area contributed by atoms with Crippen LogP contribution in [0, 0.1) is 5.82 Å². The molecule has 1 saturated heterocycles. The fourth-order valence-corrected chi connectivity index (χ4v) is 3.52. The van der Waals surface area contributed by atoms with Crippen LogP contribution in [0.15, 0.2) is 78.4 Å². The lowest BCUT2D eigenvalue weighted by atomic mass is 9.95. The molecule has 30 heavy (non-hydrogen) atoms. The summed E-state index contributed by atoms with van der Waals surface area (Å²) >= 11 is 0. The van der Waals surface area contributed by atoms with Gasteiger partial charge in [0, 0.05) is 5.56 Å². The first-order chi connectivity index (χ1) is 14.4. The van der Waals surface area contributed by atoms with Gasteiger partial charge >= 0.3 is 0 Å². The molecule has 0 bridgehead atoms. The average molecular weight is 405 g/mol. The molecule has 3 aromatic rings. The lowest BCUT2D eigenvalue weighted by Gasteiger charge is -2.26. The van der Waals surface area contributed by atoms with E-state index in [2.05, 4.69) is 0 Å². The maximum absolute atomic E-state index is 13.3. The summed E-state index contributed by atoms with van der Waals surface area (Å²) in [5.74, 6) is -3.25. The Morgan fingerprint density at radius 3 is 2.27 bits per heavy atom. The van der Waals surface area contributed by atoms with Crippen molar-refractivity contribution in [3.8, 4) is 11.5 Å². The summed E-state index contributed by atoms with van der Waals surface area (Å²) in [6, 6.07) is 15.6. The summed E-state index contributed by atoms with van der Waals surface area (Å²) in [7, 11) is 0. The third-order valence-electron chi connectivity index (χ3n) is 4.89. The Morgan fingerprint density at radius 1 is 0.900 bits per heavy atom. The molecule has 1 atom stereocenters. The largest absolute Gasteiger partial charge is 0.508 e. The summed E-state index contributed by atoms with van der Waals surface area (Å²) < 4.78 is 13.3. The van der Waals surface area contributed by atoms with Crippen LogP contribution in [0.2, 0.25) is 0 Å². The Hall–Kier alpha value is -4.13. The van der Waals surface area contributed by atoms with Crippen molar-refractivity contribution in [2.24, 2.45) is 0 Å². The van der Waals surface area contributed by atoms with Crippen LogP contribution in [0.5, 0.6) is 11.5 Å². The van der Waals surface area contributed by atoms with Crippen molar-refractivity contribution in [3.63, 3.8) is 0 Å². The summed E-state index contributed by atoms with van der Waals surface area (Å²) in [6.07, 6.45) is 0. The molecular weight excluding hydrogens is 389 g/mol. The predicted molar refractivity (Wildman–Crippen MR) is 107 cm³/mol. The SMILES string of the molecule is O=C1C(=O)N(c2ccccc2O)C(c2cccc(O)c2)/C1=C(/O)c1ccc(F)cc1.